The summed E-state index contributed by atoms with van der Waals surface area (Å²) in [7, 11) is 0. The lowest BCUT2D eigenvalue weighted by atomic mass is 10.1. The summed E-state index contributed by atoms with van der Waals surface area (Å²) in [6, 6.07) is 0.265. The first-order valence-electron chi connectivity index (χ1n) is 5.20. The minimum atomic E-state index is -4.34. The zero-order valence-electron chi connectivity index (χ0n) is 9.10. The number of hydrogen-bond acceptors (Lipinski definition) is 3. The van der Waals surface area contributed by atoms with Crippen LogP contribution in [0, 0.1) is 0 Å². The first-order chi connectivity index (χ1) is 7.42. The minimum absolute atomic E-state index is 0.0267. The lowest BCUT2D eigenvalue weighted by Gasteiger charge is -2.37. The molecule has 0 aromatic carbocycles. The molecule has 94 valence electrons. The van der Waals surface area contributed by atoms with Crippen LogP contribution in [-0.4, -0.2) is 55.7 Å². The molecule has 2 N–H and O–H groups in total. The number of carbonyl (C=O) groups excluding carboxylic acids is 1. The van der Waals surface area contributed by atoms with Crippen molar-refractivity contribution in [3.05, 3.63) is 0 Å². The van der Waals surface area contributed by atoms with Crippen LogP contribution in [0.4, 0.5) is 13.2 Å². The van der Waals surface area contributed by atoms with Crippen molar-refractivity contribution < 1.29 is 18.0 Å². The Morgan fingerprint density at radius 3 is 2.50 bits per heavy atom. The van der Waals surface area contributed by atoms with Gasteiger partial charge >= 0.3 is 6.18 Å². The molecule has 1 fully saturated rings. The number of likely N-dealkylation sites (N-methyl/N-ethyl adjacent to an activating group) is 1. The summed E-state index contributed by atoms with van der Waals surface area (Å²) < 4.78 is 35.5. The molecular weight excluding hydrogens is 223 g/mol. The van der Waals surface area contributed by atoms with Gasteiger partial charge in [-0.3, -0.25) is 9.69 Å². The van der Waals surface area contributed by atoms with Crippen molar-refractivity contribution in [2.24, 2.45) is 0 Å². The maximum Gasteiger partial charge on any atom is 0.405 e. The fraction of sp³-hybridized carbons (Fsp3) is 0.889. The molecule has 1 amide bonds. The number of carbonyl (C=O) groups is 1. The Balaban J connectivity index is 2.26. The third-order valence-corrected chi connectivity index (χ3v) is 2.52. The number of amides is 1. The number of rotatable bonds is 5. The van der Waals surface area contributed by atoms with Crippen LogP contribution >= 0.6 is 0 Å². The molecule has 1 rings (SSSR count). The van der Waals surface area contributed by atoms with Gasteiger partial charge < -0.3 is 10.6 Å². The van der Waals surface area contributed by atoms with Gasteiger partial charge in [0.2, 0.25) is 5.91 Å². The van der Waals surface area contributed by atoms with E-state index in [9.17, 15) is 18.0 Å². The summed E-state index contributed by atoms with van der Waals surface area (Å²) >= 11 is 0. The van der Waals surface area contributed by atoms with Crippen molar-refractivity contribution in [1.29, 1.82) is 0 Å². The van der Waals surface area contributed by atoms with Gasteiger partial charge in [0.1, 0.15) is 6.54 Å². The Kier molecular flexibility index (Phi) is 4.55. The molecule has 0 unspecified atom stereocenters. The number of nitrogens with zero attached hydrogens (tertiary/aromatic N) is 1. The van der Waals surface area contributed by atoms with Crippen LogP contribution in [0.3, 0.4) is 0 Å². The first kappa shape index (κ1) is 13.2. The minimum Gasteiger partial charge on any atom is -0.346 e. The highest BCUT2D eigenvalue weighted by molar-refractivity contribution is 5.78. The predicted octanol–water partition coefficient (Wildman–Crippen LogP) is -0.0414. The van der Waals surface area contributed by atoms with Crippen LogP contribution in [0.15, 0.2) is 0 Å². The molecule has 7 heteroatoms. The van der Waals surface area contributed by atoms with Crippen LogP contribution in [-0.2, 0) is 4.79 Å². The van der Waals surface area contributed by atoms with Gasteiger partial charge in [0.05, 0.1) is 6.54 Å². The van der Waals surface area contributed by atoms with E-state index < -0.39 is 18.6 Å². The highest BCUT2D eigenvalue weighted by Gasteiger charge is 2.29. The number of nitrogens with one attached hydrogen (secondary N) is 2. The highest BCUT2D eigenvalue weighted by Crippen LogP contribution is 2.12. The summed E-state index contributed by atoms with van der Waals surface area (Å²) in [6.45, 7) is 2.90. The molecule has 1 heterocycles. The molecule has 0 bridgehead atoms. The lowest BCUT2D eigenvalue weighted by Crippen LogP contribution is -2.59. The molecule has 1 aliphatic rings. The van der Waals surface area contributed by atoms with Gasteiger partial charge in [-0.25, -0.2) is 0 Å². The molecule has 0 aromatic rings. The lowest BCUT2D eigenvalue weighted by molar-refractivity contribution is -0.139. The van der Waals surface area contributed by atoms with Gasteiger partial charge in [-0.2, -0.15) is 13.2 Å². The van der Waals surface area contributed by atoms with Crippen LogP contribution in [0.2, 0.25) is 0 Å². The van der Waals surface area contributed by atoms with Gasteiger partial charge in [0.15, 0.2) is 0 Å². The van der Waals surface area contributed by atoms with E-state index in [0.29, 0.717) is 6.54 Å². The predicted molar refractivity (Wildman–Crippen MR) is 53.0 cm³/mol. The van der Waals surface area contributed by atoms with E-state index >= 15 is 0 Å². The maximum absolute atomic E-state index is 11.8. The van der Waals surface area contributed by atoms with E-state index in [4.69, 9.17) is 0 Å². The first-order valence-corrected chi connectivity index (χ1v) is 5.20. The smallest absolute Gasteiger partial charge is 0.346 e. The molecule has 0 aromatic heterocycles. The fourth-order valence-electron chi connectivity index (χ4n) is 1.47. The summed E-state index contributed by atoms with van der Waals surface area (Å²) in [4.78, 5) is 13.1. The van der Waals surface area contributed by atoms with Gasteiger partial charge in [0.25, 0.3) is 0 Å². The molecule has 1 aliphatic heterocycles. The largest absolute Gasteiger partial charge is 0.405 e. The van der Waals surface area contributed by atoms with E-state index in [-0.39, 0.29) is 12.6 Å². The molecule has 0 atom stereocenters. The summed E-state index contributed by atoms with van der Waals surface area (Å²) in [5, 5.41) is 4.92. The van der Waals surface area contributed by atoms with Gasteiger partial charge in [-0.1, -0.05) is 6.92 Å². The second-order valence-electron chi connectivity index (χ2n) is 3.77. The van der Waals surface area contributed by atoms with Crippen LogP contribution in [0.25, 0.3) is 0 Å². The average Bonchev–Trinajstić information content (AvgIpc) is 2.09. The number of hydrogen-bond donors (Lipinski definition) is 2. The van der Waals surface area contributed by atoms with Crippen molar-refractivity contribution in [2.75, 3.05) is 32.7 Å². The molecule has 16 heavy (non-hydrogen) atoms. The molecule has 0 aliphatic carbocycles. The topological polar surface area (TPSA) is 44.4 Å². The maximum atomic E-state index is 11.8. The van der Waals surface area contributed by atoms with Crippen molar-refractivity contribution in [3.63, 3.8) is 0 Å². The summed E-state index contributed by atoms with van der Waals surface area (Å²) in [5.74, 6) is -0.578. The summed E-state index contributed by atoms with van der Waals surface area (Å²) in [5.41, 5.74) is 0. The molecule has 0 radical (unpaired) electrons. The van der Waals surface area contributed by atoms with Crippen LogP contribution in [0.5, 0.6) is 0 Å². The molecule has 1 saturated heterocycles. The van der Waals surface area contributed by atoms with Crippen molar-refractivity contribution in [1.82, 2.24) is 15.5 Å². The standard InChI is InChI=1S/C9H16F3N3O/c1-2-15(7-3-13-4-7)5-8(16)14-6-9(10,11)12/h7,13H,2-6H2,1H3,(H,14,16). The highest BCUT2D eigenvalue weighted by atomic mass is 19.4. The van der Waals surface area contributed by atoms with E-state index in [1.165, 1.54) is 0 Å². The zero-order chi connectivity index (χ0) is 12.2. The third-order valence-electron chi connectivity index (χ3n) is 2.52. The van der Waals surface area contributed by atoms with Gasteiger partial charge in [0, 0.05) is 19.1 Å². The van der Waals surface area contributed by atoms with E-state index in [2.05, 4.69) is 5.32 Å². The Hall–Kier alpha value is -0.820. The van der Waals surface area contributed by atoms with Gasteiger partial charge in [-0.15, -0.1) is 0 Å². The van der Waals surface area contributed by atoms with Gasteiger partial charge in [-0.05, 0) is 6.54 Å². The van der Waals surface area contributed by atoms with Crippen molar-refractivity contribution in [2.45, 2.75) is 19.1 Å². The van der Waals surface area contributed by atoms with Crippen molar-refractivity contribution in [3.8, 4) is 0 Å². The Morgan fingerprint density at radius 1 is 1.50 bits per heavy atom. The van der Waals surface area contributed by atoms with E-state index in [0.717, 1.165) is 13.1 Å². The Morgan fingerprint density at radius 2 is 2.12 bits per heavy atom. The zero-order valence-corrected chi connectivity index (χ0v) is 9.10. The SMILES string of the molecule is CCN(CC(=O)NCC(F)(F)F)C1CNC1. The van der Waals surface area contributed by atoms with Crippen LogP contribution in [0.1, 0.15) is 6.92 Å². The quantitative estimate of drug-likeness (QED) is 0.707. The molecule has 4 nitrogen and oxygen atoms in total. The molecule has 0 saturated carbocycles. The number of alkyl halides is 3. The monoisotopic (exact) mass is 239 g/mol. The Labute approximate surface area is 92.2 Å². The normalized spacial score (nSPS) is 17.3. The van der Waals surface area contributed by atoms with E-state index in [1.54, 1.807) is 0 Å². The average molecular weight is 239 g/mol. The van der Waals surface area contributed by atoms with E-state index in [1.807, 2.05) is 17.1 Å². The fourth-order valence-corrected chi connectivity index (χ4v) is 1.47. The number of halogens is 3. The second-order valence-corrected chi connectivity index (χ2v) is 3.77. The molecular formula is C9H16F3N3O. The van der Waals surface area contributed by atoms with Crippen LogP contribution < -0.4 is 10.6 Å². The second kappa shape index (κ2) is 5.49. The van der Waals surface area contributed by atoms with Crippen molar-refractivity contribution >= 4 is 5.91 Å². The third kappa shape index (κ3) is 4.36. The Bertz CT molecular complexity index is 241. The summed E-state index contributed by atoms with van der Waals surface area (Å²) in [6.07, 6.45) is -4.34. The molecule has 0 spiro atoms.